The Kier molecular flexibility index (Phi) is 4.33. The van der Waals surface area contributed by atoms with E-state index in [1.165, 1.54) is 5.56 Å². The molecule has 4 nitrogen and oxygen atoms in total. The molecule has 0 aliphatic carbocycles. The Bertz CT molecular complexity index is 394. The maximum absolute atomic E-state index is 11.7. The summed E-state index contributed by atoms with van der Waals surface area (Å²) in [6, 6.07) is 10.1. The molecule has 0 aromatic heterocycles. The van der Waals surface area contributed by atoms with E-state index >= 15 is 0 Å². The number of likely N-dealkylation sites (tertiary alicyclic amines) is 1. The number of hydrogen-bond acceptors (Lipinski definition) is 4. The summed E-state index contributed by atoms with van der Waals surface area (Å²) in [5.74, 6) is -0.353. The standard InChI is InChI=1S/C14H20N2O2/c1-2-18-14(17)12-9-16(10-13(12)15)8-11-6-4-3-5-7-11/h3-7,12-13H,2,8-10,15H2,1H3/t12-,13+/m1/s1. The molecule has 4 heteroatoms. The van der Waals surface area contributed by atoms with E-state index in [1.54, 1.807) is 0 Å². The molecule has 1 aliphatic rings. The molecule has 0 spiro atoms. The third-order valence-corrected chi connectivity index (χ3v) is 3.28. The molecule has 1 aromatic rings. The predicted octanol–water partition coefficient (Wildman–Crippen LogP) is 1.01. The summed E-state index contributed by atoms with van der Waals surface area (Å²) in [4.78, 5) is 13.9. The zero-order valence-electron chi connectivity index (χ0n) is 10.7. The van der Waals surface area contributed by atoms with E-state index in [2.05, 4.69) is 17.0 Å². The van der Waals surface area contributed by atoms with E-state index < -0.39 is 0 Å². The summed E-state index contributed by atoms with van der Waals surface area (Å²) in [7, 11) is 0. The Morgan fingerprint density at radius 3 is 2.78 bits per heavy atom. The lowest BCUT2D eigenvalue weighted by molar-refractivity contribution is -0.147. The first-order valence-electron chi connectivity index (χ1n) is 6.39. The maximum atomic E-state index is 11.7. The Labute approximate surface area is 108 Å². The molecule has 1 heterocycles. The van der Waals surface area contributed by atoms with Gasteiger partial charge in [-0.05, 0) is 12.5 Å². The van der Waals surface area contributed by atoms with Crippen LogP contribution >= 0.6 is 0 Å². The number of hydrogen-bond donors (Lipinski definition) is 1. The van der Waals surface area contributed by atoms with Gasteiger partial charge in [0.2, 0.25) is 0 Å². The highest BCUT2D eigenvalue weighted by Gasteiger charge is 2.36. The van der Waals surface area contributed by atoms with E-state index in [9.17, 15) is 4.79 Å². The van der Waals surface area contributed by atoms with Crippen LogP contribution in [0.4, 0.5) is 0 Å². The first-order chi connectivity index (χ1) is 8.70. The second-order valence-electron chi connectivity index (χ2n) is 4.70. The van der Waals surface area contributed by atoms with Crippen LogP contribution in [0, 0.1) is 5.92 Å². The molecule has 98 valence electrons. The summed E-state index contributed by atoms with van der Waals surface area (Å²) in [6.07, 6.45) is 0. The van der Waals surface area contributed by atoms with Crippen LogP contribution < -0.4 is 5.73 Å². The molecular formula is C14H20N2O2. The summed E-state index contributed by atoms with van der Waals surface area (Å²) in [5.41, 5.74) is 7.26. The van der Waals surface area contributed by atoms with Crippen molar-refractivity contribution in [3.8, 4) is 0 Å². The summed E-state index contributed by atoms with van der Waals surface area (Å²) >= 11 is 0. The second-order valence-corrected chi connectivity index (χ2v) is 4.70. The normalized spacial score (nSPS) is 24.1. The van der Waals surface area contributed by atoms with Gasteiger partial charge < -0.3 is 10.5 Å². The summed E-state index contributed by atoms with van der Waals surface area (Å²) in [6.45, 7) is 4.51. The summed E-state index contributed by atoms with van der Waals surface area (Å²) in [5, 5.41) is 0. The van der Waals surface area contributed by atoms with Crippen molar-refractivity contribution in [1.82, 2.24) is 4.90 Å². The van der Waals surface area contributed by atoms with Gasteiger partial charge in [0.05, 0.1) is 12.5 Å². The Morgan fingerprint density at radius 2 is 2.11 bits per heavy atom. The van der Waals surface area contributed by atoms with Crippen molar-refractivity contribution in [2.24, 2.45) is 11.7 Å². The van der Waals surface area contributed by atoms with Crippen molar-refractivity contribution in [1.29, 1.82) is 0 Å². The van der Waals surface area contributed by atoms with Gasteiger partial charge in [-0.15, -0.1) is 0 Å². The van der Waals surface area contributed by atoms with Crippen LogP contribution in [0.2, 0.25) is 0 Å². The number of carbonyl (C=O) groups excluding carboxylic acids is 1. The molecule has 1 aromatic carbocycles. The average Bonchev–Trinajstić information content (AvgIpc) is 2.72. The van der Waals surface area contributed by atoms with Crippen LogP contribution in [0.15, 0.2) is 30.3 Å². The molecule has 0 saturated carbocycles. The van der Waals surface area contributed by atoms with E-state index in [0.717, 1.165) is 13.1 Å². The third-order valence-electron chi connectivity index (χ3n) is 3.28. The van der Waals surface area contributed by atoms with Crippen molar-refractivity contribution >= 4 is 5.97 Å². The zero-order valence-corrected chi connectivity index (χ0v) is 10.7. The van der Waals surface area contributed by atoms with Gasteiger partial charge in [-0.1, -0.05) is 30.3 Å². The Balaban J connectivity index is 1.92. The average molecular weight is 248 g/mol. The van der Waals surface area contributed by atoms with Crippen molar-refractivity contribution in [2.75, 3.05) is 19.7 Å². The SMILES string of the molecule is CCOC(=O)[C@@H]1CN(Cc2ccccc2)C[C@@H]1N. The first kappa shape index (κ1) is 13.1. The molecule has 18 heavy (non-hydrogen) atoms. The highest BCUT2D eigenvalue weighted by atomic mass is 16.5. The van der Waals surface area contributed by atoms with Gasteiger partial charge in [0, 0.05) is 25.7 Å². The van der Waals surface area contributed by atoms with Crippen molar-refractivity contribution in [3.05, 3.63) is 35.9 Å². The molecule has 0 bridgehead atoms. The van der Waals surface area contributed by atoms with Crippen LogP contribution in [-0.4, -0.2) is 36.6 Å². The van der Waals surface area contributed by atoms with Gasteiger partial charge >= 0.3 is 5.97 Å². The number of rotatable bonds is 4. The molecule has 0 radical (unpaired) electrons. The lowest BCUT2D eigenvalue weighted by Crippen LogP contribution is -2.35. The molecule has 1 fully saturated rings. The number of benzene rings is 1. The van der Waals surface area contributed by atoms with Gasteiger partial charge in [-0.3, -0.25) is 9.69 Å². The van der Waals surface area contributed by atoms with E-state index in [1.807, 2.05) is 25.1 Å². The molecule has 0 unspecified atom stereocenters. The molecule has 1 saturated heterocycles. The molecule has 1 aliphatic heterocycles. The van der Waals surface area contributed by atoms with Crippen molar-refractivity contribution < 1.29 is 9.53 Å². The number of carbonyl (C=O) groups is 1. The second kappa shape index (κ2) is 5.98. The predicted molar refractivity (Wildman–Crippen MR) is 69.8 cm³/mol. The third kappa shape index (κ3) is 3.09. The zero-order chi connectivity index (χ0) is 13.0. The fourth-order valence-corrected chi connectivity index (χ4v) is 2.38. The molecule has 2 rings (SSSR count). The number of ether oxygens (including phenoxy) is 1. The van der Waals surface area contributed by atoms with Crippen molar-refractivity contribution in [3.63, 3.8) is 0 Å². The monoisotopic (exact) mass is 248 g/mol. The van der Waals surface area contributed by atoms with Crippen LogP contribution in [0.5, 0.6) is 0 Å². The highest BCUT2D eigenvalue weighted by Crippen LogP contribution is 2.19. The first-order valence-corrected chi connectivity index (χ1v) is 6.39. The molecular weight excluding hydrogens is 228 g/mol. The quantitative estimate of drug-likeness (QED) is 0.808. The van der Waals surface area contributed by atoms with E-state index in [0.29, 0.717) is 13.2 Å². The number of nitrogens with zero attached hydrogens (tertiary/aromatic N) is 1. The van der Waals surface area contributed by atoms with Crippen LogP contribution in [0.25, 0.3) is 0 Å². The lowest BCUT2D eigenvalue weighted by Gasteiger charge is -2.15. The van der Waals surface area contributed by atoms with E-state index in [4.69, 9.17) is 10.5 Å². The maximum Gasteiger partial charge on any atom is 0.311 e. The van der Waals surface area contributed by atoms with Crippen LogP contribution in [0.1, 0.15) is 12.5 Å². The van der Waals surface area contributed by atoms with E-state index in [-0.39, 0.29) is 17.9 Å². The Hall–Kier alpha value is -1.39. The Morgan fingerprint density at radius 1 is 1.39 bits per heavy atom. The highest BCUT2D eigenvalue weighted by molar-refractivity contribution is 5.74. The smallest absolute Gasteiger partial charge is 0.311 e. The minimum Gasteiger partial charge on any atom is -0.466 e. The largest absolute Gasteiger partial charge is 0.466 e. The van der Waals surface area contributed by atoms with Crippen LogP contribution in [-0.2, 0) is 16.1 Å². The molecule has 2 atom stereocenters. The topological polar surface area (TPSA) is 55.6 Å². The minimum atomic E-state index is -0.186. The molecule has 0 amide bonds. The number of nitrogens with two attached hydrogens (primary N) is 1. The summed E-state index contributed by atoms with van der Waals surface area (Å²) < 4.78 is 5.05. The van der Waals surface area contributed by atoms with Gasteiger partial charge in [-0.2, -0.15) is 0 Å². The fourth-order valence-electron chi connectivity index (χ4n) is 2.38. The lowest BCUT2D eigenvalue weighted by atomic mass is 10.1. The van der Waals surface area contributed by atoms with Gasteiger partial charge in [0.25, 0.3) is 0 Å². The van der Waals surface area contributed by atoms with Gasteiger partial charge in [0.15, 0.2) is 0 Å². The molecule has 2 N–H and O–H groups in total. The van der Waals surface area contributed by atoms with Gasteiger partial charge in [0.1, 0.15) is 0 Å². The van der Waals surface area contributed by atoms with Crippen LogP contribution in [0.3, 0.4) is 0 Å². The number of esters is 1. The van der Waals surface area contributed by atoms with Crippen molar-refractivity contribution in [2.45, 2.75) is 19.5 Å². The minimum absolute atomic E-state index is 0.118. The fraction of sp³-hybridized carbons (Fsp3) is 0.500. The van der Waals surface area contributed by atoms with Gasteiger partial charge in [-0.25, -0.2) is 0 Å².